The third-order valence-corrected chi connectivity index (χ3v) is 6.30. The van der Waals surface area contributed by atoms with Crippen LogP contribution in [0.2, 0.25) is 5.02 Å². The number of piperazine rings is 1. The fraction of sp³-hybridized carbons (Fsp3) is 0.364. The molecule has 6 heteroatoms. The molecule has 5 nitrogen and oxygen atoms in total. The number of benzene rings is 2. The van der Waals surface area contributed by atoms with Crippen LogP contribution in [0.4, 0.5) is 11.4 Å². The van der Waals surface area contributed by atoms with Crippen molar-refractivity contribution in [2.45, 2.75) is 26.3 Å². The molecule has 1 atom stereocenters. The summed E-state index contributed by atoms with van der Waals surface area (Å²) in [4.78, 5) is 30.5. The zero-order valence-corrected chi connectivity index (χ0v) is 17.0. The fourth-order valence-corrected chi connectivity index (χ4v) is 4.40. The Bertz CT molecular complexity index is 904. The lowest BCUT2D eigenvalue weighted by Gasteiger charge is -2.36. The average molecular weight is 399 g/mol. The first-order valence-corrected chi connectivity index (χ1v) is 10.1. The van der Waals surface area contributed by atoms with Crippen molar-refractivity contribution in [2.24, 2.45) is 0 Å². The smallest absolute Gasteiger partial charge is 0.292 e. The van der Waals surface area contributed by atoms with Crippen LogP contribution >= 0.6 is 11.6 Å². The molecule has 0 radical (unpaired) electrons. The molecular weight excluding hydrogens is 374 g/mol. The topological polar surface area (TPSA) is 45.1 Å². The van der Waals surface area contributed by atoms with Crippen LogP contribution in [-0.2, 0) is 9.59 Å². The molecule has 0 bridgehead atoms. The maximum absolute atomic E-state index is 13.0. The van der Waals surface area contributed by atoms with Crippen molar-refractivity contribution in [2.75, 3.05) is 36.0 Å². The molecule has 4 rings (SSSR count). The second-order valence-corrected chi connectivity index (χ2v) is 8.10. The minimum atomic E-state index is -0.288. The number of carbonyl (C=O) groups is 2. The van der Waals surface area contributed by atoms with E-state index >= 15 is 0 Å². The lowest BCUT2D eigenvalue weighted by atomic mass is 10.1. The van der Waals surface area contributed by atoms with E-state index in [-0.39, 0.29) is 24.3 Å². The van der Waals surface area contributed by atoms with Gasteiger partial charge in [-0.05, 0) is 55.3 Å². The monoisotopic (exact) mass is 398 g/mol. The standard InChI is InChI=1S/C22H24ClN3O2/c1-15-4-3-5-19(16(15)2)24-10-12-25(13-11-24)20-14-21(27)26(22(20)28)18-8-6-17(23)7-9-18/h3-9,20H,10-14H2,1-2H3/p+1/t20-/m1/s1. The number of nitrogens with zero attached hydrogens (tertiary/aromatic N) is 2. The first-order chi connectivity index (χ1) is 13.5. The van der Waals surface area contributed by atoms with Crippen LogP contribution in [0.15, 0.2) is 42.5 Å². The summed E-state index contributed by atoms with van der Waals surface area (Å²) in [5.74, 6) is -0.218. The molecule has 2 heterocycles. The normalized spacial score (nSPS) is 20.9. The molecule has 146 valence electrons. The van der Waals surface area contributed by atoms with E-state index < -0.39 is 0 Å². The molecule has 2 fully saturated rings. The van der Waals surface area contributed by atoms with Crippen molar-refractivity contribution >= 4 is 34.8 Å². The van der Waals surface area contributed by atoms with Crippen molar-refractivity contribution in [1.29, 1.82) is 0 Å². The van der Waals surface area contributed by atoms with Gasteiger partial charge < -0.3 is 9.80 Å². The minimum Gasteiger partial charge on any atom is -0.360 e. The summed E-state index contributed by atoms with van der Waals surface area (Å²) >= 11 is 5.93. The summed E-state index contributed by atoms with van der Waals surface area (Å²) in [6.07, 6.45) is 0.278. The third kappa shape index (κ3) is 3.40. The number of anilines is 2. The number of hydrogen-bond acceptors (Lipinski definition) is 3. The lowest BCUT2D eigenvalue weighted by Crippen LogP contribution is -3.19. The van der Waals surface area contributed by atoms with Crippen LogP contribution in [0.5, 0.6) is 0 Å². The number of rotatable bonds is 3. The van der Waals surface area contributed by atoms with E-state index in [1.54, 1.807) is 24.3 Å². The van der Waals surface area contributed by atoms with E-state index in [4.69, 9.17) is 11.6 Å². The fourth-order valence-electron chi connectivity index (χ4n) is 4.27. The minimum absolute atomic E-state index is 0.0949. The number of amides is 2. The van der Waals surface area contributed by atoms with E-state index in [0.717, 1.165) is 26.2 Å². The molecule has 2 aliphatic rings. The molecule has 1 N–H and O–H groups in total. The predicted octanol–water partition coefficient (Wildman–Crippen LogP) is 1.99. The van der Waals surface area contributed by atoms with Crippen molar-refractivity contribution in [1.82, 2.24) is 0 Å². The van der Waals surface area contributed by atoms with Crippen LogP contribution in [0.1, 0.15) is 17.5 Å². The van der Waals surface area contributed by atoms with E-state index in [9.17, 15) is 9.59 Å². The van der Waals surface area contributed by atoms with Gasteiger partial charge in [0.1, 0.15) is 0 Å². The lowest BCUT2D eigenvalue weighted by molar-refractivity contribution is -0.915. The molecule has 0 spiro atoms. The van der Waals surface area contributed by atoms with Gasteiger partial charge in [-0.1, -0.05) is 23.7 Å². The molecule has 2 amide bonds. The number of carbonyl (C=O) groups excluding carboxylic acids is 2. The second-order valence-electron chi connectivity index (χ2n) is 7.66. The highest BCUT2D eigenvalue weighted by Crippen LogP contribution is 2.25. The number of halogens is 1. The van der Waals surface area contributed by atoms with Crippen LogP contribution in [-0.4, -0.2) is 44.0 Å². The number of quaternary nitrogens is 1. The van der Waals surface area contributed by atoms with Crippen LogP contribution in [0.25, 0.3) is 0 Å². The Balaban J connectivity index is 1.45. The Morgan fingerprint density at radius 3 is 2.36 bits per heavy atom. The molecule has 2 saturated heterocycles. The summed E-state index contributed by atoms with van der Waals surface area (Å²) in [6.45, 7) is 7.77. The Kier molecular flexibility index (Phi) is 5.13. The molecule has 0 saturated carbocycles. The highest BCUT2D eigenvalue weighted by Gasteiger charge is 2.46. The van der Waals surface area contributed by atoms with Gasteiger partial charge in [-0.2, -0.15) is 0 Å². The van der Waals surface area contributed by atoms with Crippen molar-refractivity contribution < 1.29 is 14.5 Å². The van der Waals surface area contributed by atoms with Gasteiger partial charge in [-0.3, -0.25) is 9.59 Å². The highest BCUT2D eigenvalue weighted by atomic mass is 35.5. The van der Waals surface area contributed by atoms with Gasteiger partial charge in [0.25, 0.3) is 5.91 Å². The zero-order chi connectivity index (χ0) is 19.8. The van der Waals surface area contributed by atoms with Crippen LogP contribution in [0.3, 0.4) is 0 Å². The Labute approximate surface area is 170 Å². The summed E-state index contributed by atoms with van der Waals surface area (Å²) in [5.41, 5.74) is 4.49. The first-order valence-electron chi connectivity index (χ1n) is 9.74. The molecule has 2 aromatic rings. The first kappa shape index (κ1) is 19.0. The van der Waals surface area contributed by atoms with Crippen molar-refractivity contribution in [3.63, 3.8) is 0 Å². The maximum atomic E-state index is 13.0. The number of nitrogens with one attached hydrogen (secondary N) is 1. The number of imide groups is 1. The van der Waals surface area contributed by atoms with E-state index in [2.05, 4.69) is 36.9 Å². The van der Waals surface area contributed by atoms with Crippen molar-refractivity contribution in [3.8, 4) is 0 Å². The largest absolute Gasteiger partial charge is 0.360 e. The molecule has 0 aliphatic carbocycles. The number of hydrogen-bond donors (Lipinski definition) is 1. The molecule has 0 unspecified atom stereocenters. The summed E-state index contributed by atoms with van der Waals surface area (Å²) in [5, 5.41) is 0.590. The van der Waals surface area contributed by atoms with Gasteiger partial charge in [0.15, 0.2) is 6.04 Å². The highest BCUT2D eigenvalue weighted by molar-refractivity contribution is 6.30. The summed E-state index contributed by atoms with van der Waals surface area (Å²) < 4.78 is 0. The predicted molar refractivity (Wildman–Crippen MR) is 111 cm³/mol. The molecular formula is C22H25ClN3O2+. The second kappa shape index (κ2) is 7.57. The van der Waals surface area contributed by atoms with Gasteiger partial charge in [0.05, 0.1) is 38.3 Å². The van der Waals surface area contributed by atoms with Gasteiger partial charge in [0.2, 0.25) is 5.91 Å². The quantitative estimate of drug-likeness (QED) is 0.804. The third-order valence-electron chi connectivity index (χ3n) is 6.05. The van der Waals surface area contributed by atoms with E-state index in [0.29, 0.717) is 10.7 Å². The van der Waals surface area contributed by atoms with Gasteiger partial charge in [0, 0.05) is 10.7 Å². The Morgan fingerprint density at radius 2 is 1.68 bits per heavy atom. The van der Waals surface area contributed by atoms with Crippen molar-refractivity contribution in [3.05, 3.63) is 58.6 Å². The van der Waals surface area contributed by atoms with Gasteiger partial charge in [-0.15, -0.1) is 0 Å². The van der Waals surface area contributed by atoms with Gasteiger partial charge in [-0.25, -0.2) is 4.90 Å². The molecule has 2 aromatic carbocycles. The van der Waals surface area contributed by atoms with Gasteiger partial charge >= 0.3 is 0 Å². The Morgan fingerprint density at radius 1 is 1.00 bits per heavy atom. The molecule has 0 aromatic heterocycles. The van der Waals surface area contributed by atoms with Crippen LogP contribution in [0, 0.1) is 13.8 Å². The molecule has 28 heavy (non-hydrogen) atoms. The molecule has 2 aliphatic heterocycles. The maximum Gasteiger partial charge on any atom is 0.292 e. The zero-order valence-electron chi connectivity index (χ0n) is 16.2. The summed E-state index contributed by atoms with van der Waals surface area (Å²) in [7, 11) is 0. The SMILES string of the molecule is Cc1cccc(N2CC[NH+]([C@@H]3CC(=O)N(c4ccc(Cl)cc4)C3=O)CC2)c1C. The number of aryl methyl sites for hydroxylation is 1. The van der Waals surface area contributed by atoms with E-state index in [1.807, 2.05) is 0 Å². The van der Waals surface area contributed by atoms with E-state index in [1.165, 1.54) is 26.6 Å². The Hall–Kier alpha value is -2.37. The average Bonchev–Trinajstić information content (AvgIpc) is 2.99. The van der Waals surface area contributed by atoms with Crippen LogP contribution < -0.4 is 14.7 Å². The summed E-state index contributed by atoms with van der Waals surface area (Å²) in [6, 6.07) is 13.0.